The lowest BCUT2D eigenvalue weighted by atomic mass is 9.99. The molecule has 7 heteroatoms. The number of nitrogens with zero attached hydrogens (tertiary/aromatic N) is 1. The summed E-state index contributed by atoms with van der Waals surface area (Å²) in [5.74, 6) is 0.675. The van der Waals surface area contributed by atoms with Gasteiger partial charge >= 0.3 is 11.9 Å². The second kappa shape index (κ2) is 11.1. The van der Waals surface area contributed by atoms with E-state index in [4.69, 9.17) is 0 Å². The largest absolute Gasteiger partial charge is 0.465 e. The molecule has 1 N–H and O–H groups in total. The summed E-state index contributed by atoms with van der Waals surface area (Å²) in [4.78, 5) is 24.8. The number of carbonyl (C=O) groups is 2. The number of benzene rings is 1. The van der Waals surface area contributed by atoms with Crippen LogP contribution in [0.15, 0.2) is 36.4 Å². The van der Waals surface area contributed by atoms with E-state index >= 15 is 0 Å². The molecule has 0 spiro atoms. The fourth-order valence-electron chi connectivity index (χ4n) is 3.35. The Labute approximate surface area is 182 Å². The topological polar surface area (TPSA) is 66.8 Å². The molecule has 1 fully saturated rings. The molecule has 1 amide bonds. The summed E-state index contributed by atoms with van der Waals surface area (Å²) in [6.45, 7) is 3.88. The smallest absolute Gasteiger partial charge is 0.337 e. The van der Waals surface area contributed by atoms with Crippen molar-refractivity contribution >= 4 is 11.9 Å². The third-order valence-corrected chi connectivity index (χ3v) is 5.30. The SMILES string of the molecule is CCC#CC[C@@H](C)[C@H](O)C=CC1CC(F)(F)C(=O)N1CCc1ccc(C(=O)OC)cc1. The van der Waals surface area contributed by atoms with Gasteiger partial charge in [-0.25, -0.2) is 4.79 Å². The van der Waals surface area contributed by atoms with Gasteiger partial charge in [0.15, 0.2) is 0 Å². The predicted molar refractivity (Wildman–Crippen MR) is 114 cm³/mol. The average molecular weight is 433 g/mol. The fraction of sp³-hybridized carbons (Fsp3) is 0.500. The highest BCUT2D eigenvalue weighted by Gasteiger charge is 2.52. The van der Waals surface area contributed by atoms with E-state index in [-0.39, 0.29) is 12.5 Å². The first kappa shape index (κ1) is 24.5. The summed E-state index contributed by atoms with van der Waals surface area (Å²) in [7, 11) is 1.29. The minimum atomic E-state index is -3.42. The lowest BCUT2D eigenvalue weighted by molar-refractivity contribution is -0.148. The van der Waals surface area contributed by atoms with Crippen LogP contribution in [0.1, 0.15) is 49.0 Å². The molecule has 0 bridgehead atoms. The number of hydrogen-bond acceptors (Lipinski definition) is 4. The Kier molecular flexibility index (Phi) is 8.76. The Hall–Kier alpha value is -2.72. The molecular formula is C24H29F2NO4. The highest BCUT2D eigenvalue weighted by atomic mass is 19.3. The van der Waals surface area contributed by atoms with Crippen LogP contribution in [-0.4, -0.2) is 53.6 Å². The first-order chi connectivity index (χ1) is 14.7. The van der Waals surface area contributed by atoms with Crippen LogP contribution < -0.4 is 0 Å². The number of hydrogen-bond donors (Lipinski definition) is 1. The van der Waals surface area contributed by atoms with Gasteiger partial charge in [0.05, 0.1) is 24.8 Å². The molecule has 168 valence electrons. The van der Waals surface area contributed by atoms with Crippen LogP contribution in [0.2, 0.25) is 0 Å². The molecule has 0 saturated carbocycles. The van der Waals surface area contributed by atoms with Crippen molar-refractivity contribution in [1.29, 1.82) is 0 Å². The zero-order chi connectivity index (χ0) is 23.0. The molecule has 1 heterocycles. The van der Waals surface area contributed by atoms with Crippen molar-refractivity contribution < 1.29 is 28.2 Å². The van der Waals surface area contributed by atoms with Gasteiger partial charge in [-0.3, -0.25) is 4.79 Å². The van der Waals surface area contributed by atoms with Crippen molar-refractivity contribution in [2.75, 3.05) is 13.7 Å². The minimum absolute atomic E-state index is 0.106. The number of ether oxygens (including phenoxy) is 1. The van der Waals surface area contributed by atoms with Gasteiger partial charge < -0.3 is 14.7 Å². The van der Waals surface area contributed by atoms with Gasteiger partial charge in [-0.1, -0.05) is 38.1 Å². The number of esters is 1. The molecule has 5 nitrogen and oxygen atoms in total. The van der Waals surface area contributed by atoms with Crippen molar-refractivity contribution in [2.24, 2.45) is 5.92 Å². The van der Waals surface area contributed by atoms with E-state index in [0.29, 0.717) is 18.4 Å². The molecule has 1 aromatic carbocycles. The van der Waals surface area contributed by atoms with E-state index in [0.717, 1.165) is 16.9 Å². The minimum Gasteiger partial charge on any atom is -0.465 e. The van der Waals surface area contributed by atoms with Crippen LogP contribution in [0.5, 0.6) is 0 Å². The molecule has 1 aliphatic heterocycles. The Morgan fingerprint density at radius 1 is 1.35 bits per heavy atom. The number of halogens is 2. The van der Waals surface area contributed by atoms with Crippen molar-refractivity contribution in [3.05, 3.63) is 47.5 Å². The molecule has 0 radical (unpaired) electrons. The first-order valence-electron chi connectivity index (χ1n) is 10.4. The van der Waals surface area contributed by atoms with Gasteiger partial charge in [0.2, 0.25) is 0 Å². The summed E-state index contributed by atoms with van der Waals surface area (Å²) in [6, 6.07) is 5.81. The van der Waals surface area contributed by atoms with Crippen LogP contribution in [0.25, 0.3) is 0 Å². The maximum Gasteiger partial charge on any atom is 0.337 e. The number of aliphatic hydroxyl groups is 1. The summed E-state index contributed by atoms with van der Waals surface area (Å²) in [5, 5.41) is 10.3. The molecule has 0 aromatic heterocycles. The predicted octanol–water partition coefficient (Wildman–Crippen LogP) is 3.61. The molecular weight excluding hydrogens is 404 g/mol. The van der Waals surface area contributed by atoms with Gasteiger partial charge in [-0.2, -0.15) is 8.78 Å². The summed E-state index contributed by atoms with van der Waals surface area (Å²) in [6.07, 6.45) is 3.13. The van der Waals surface area contributed by atoms with Crippen molar-refractivity contribution in [2.45, 2.75) is 57.6 Å². The summed E-state index contributed by atoms with van der Waals surface area (Å²) in [5.41, 5.74) is 1.20. The molecule has 1 unspecified atom stereocenters. The Morgan fingerprint density at radius 2 is 2.03 bits per heavy atom. The molecule has 0 aliphatic carbocycles. The lowest BCUT2D eigenvalue weighted by Gasteiger charge is -2.22. The van der Waals surface area contributed by atoms with Crippen molar-refractivity contribution in [1.82, 2.24) is 4.90 Å². The van der Waals surface area contributed by atoms with Crippen LogP contribution in [0.4, 0.5) is 8.78 Å². The van der Waals surface area contributed by atoms with Crippen LogP contribution in [0, 0.1) is 17.8 Å². The van der Waals surface area contributed by atoms with Crippen LogP contribution >= 0.6 is 0 Å². The zero-order valence-corrected chi connectivity index (χ0v) is 18.1. The van der Waals surface area contributed by atoms with Crippen molar-refractivity contribution in [3.63, 3.8) is 0 Å². The van der Waals surface area contributed by atoms with Crippen LogP contribution in [-0.2, 0) is 16.0 Å². The summed E-state index contributed by atoms with van der Waals surface area (Å²) >= 11 is 0. The normalized spacial score (nSPS) is 19.7. The van der Waals surface area contributed by atoms with Crippen LogP contribution in [0.3, 0.4) is 0 Å². The third kappa shape index (κ3) is 6.63. The van der Waals surface area contributed by atoms with E-state index in [1.54, 1.807) is 24.3 Å². The molecule has 1 aromatic rings. The zero-order valence-electron chi connectivity index (χ0n) is 18.1. The van der Waals surface area contributed by atoms with Gasteiger partial charge in [-0.15, -0.1) is 11.8 Å². The molecule has 3 atom stereocenters. The second-order valence-corrected chi connectivity index (χ2v) is 7.68. The van der Waals surface area contributed by atoms with E-state index in [1.807, 2.05) is 13.8 Å². The Balaban J connectivity index is 2.04. The number of methoxy groups -OCH3 is 1. The van der Waals surface area contributed by atoms with E-state index in [1.165, 1.54) is 19.3 Å². The number of amides is 1. The second-order valence-electron chi connectivity index (χ2n) is 7.68. The highest BCUT2D eigenvalue weighted by Crippen LogP contribution is 2.34. The number of carbonyl (C=O) groups excluding carboxylic acids is 2. The maximum atomic E-state index is 14.1. The maximum absolute atomic E-state index is 14.1. The molecule has 31 heavy (non-hydrogen) atoms. The molecule has 1 aliphatic rings. The number of likely N-dealkylation sites (tertiary alicyclic amines) is 1. The van der Waals surface area contributed by atoms with Gasteiger partial charge in [-0.05, 0) is 30.0 Å². The summed E-state index contributed by atoms with van der Waals surface area (Å²) < 4.78 is 32.8. The quantitative estimate of drug-likeness (QED) is 0.386. The highest BCUT2D eigenvalue weighted by molar-refractivity contribution is 5.89. The average Bonchev–Trinajstić information content (AvgIpc) is 2.98. The number of alkyl halides is 2. The number of aliphatic hydroxyl groups excluding tert-OH is 1. The molecule has 2 rings (SSSR count). The monoisotopic (exact) mass is 433 g/mol. The third-order valence-electron chi connectivity index (χ3n) is 5.30. The fourth-order valence-corrected chi connectivity index (χ4v) is 3.35. The Morgan fingerprint density at radius 3 is 2.65 bits per heavy atom. The van der Waals surface area contributed by atoms with E-state index in [2.05, 4.69) is 16.6 Å². The van der Waals surface area contributed by atoms with Gasteiger partial charge in [0, 0.05) is 25.8 Å². The lowest BCUT2D eigenvalue weighted by Crippen LogP contribution is -2.37. The van der Waals surface area contributed by atoms with E-state index in [9.17, 15) is 23.5 Å². The molecule has 1 saturated heterocycles. The first-order valence-corrected chi connectivity index (χ1v) is 10.4. The van der Waals surface area contributed by atoms with Gasteiger partial charge in [0.25, 0.3) is 5.91 Å². The van der Waals surface area contributed by atoms with E-state index < -0.39 is 36.4 Å². The number of rotatable bonds is 8. The van der Waals surface area contributed by atoms with Crippen molar-refractivity contribution in [3.8, 4) is 11.8 Å². The Bertz CT molecular complexity index is 855. The standard InChI is InChI=1S/C24H29F2NO4/c1-4-5-6-7-17(2)21(28)13-12-20-16-24(25,26)23(30)27(20)15-14-18-8-10-19(11-9-18)22(29)31-3/h8-13,17,20-21,28H,4,7,14-16H2,1-3H3/t17-,20?,21-/m1/s1. The van der Waals surface area contributed by atoms with Gasteiger partial charge in [0.1, 0.15) is 0 Å².